The van der Waals surface area contributed by atoms with E-state index in [0.717, 1.165) is 36.9 Å². The van der Waals surface area contributed by atoms with Crippen molar-refractivity contribution in [1.29, 1.82) is 0 Å². The fraction of sp³-hybridized carbons (Fsp3) is 0.600. The molecule has 1 saturated carbocycles. The van der Waals surface area contributed by atoms with E-state index in [1.54, 1.807) is 0 Å². The monoisotopic (exact) mass is 300 g/mol. The molecule has 0 aromatic heterocycles. The lowest BCUT2D eigenvalue weighted by Gasteiger charge is -2.35. The Bertz CT molecular complexity index is 710. The van der Waals surface area contributed by atoms with Gasteiger partial charge in [0.25, 0.3) is 0 Å². The highest BCUT2D eigenvalue weighted by atomic mass is 15.5. The SMILES string of the molecule is [2H]C([2H])([2H])C1N(c2ccccc2C)[C@@H](C)C2C=CC([2H])(C3CCCC3)N21. The van der Waals surface area contributed by atoms with Crippen LogP contribution in [0.5, 0.6) is 0 Å². The van der Waals surface area contributed by atoms with Crippen molar-refractivity contribution in [3.05, 3.63) is 42.0 Å². The predicted molar refractivity (Wildman–Crippen MR) is 93.1 cm³/mol. The average Bonchev–Trinajstić information content (AvgIpc) is 3.26. The highest BCUT2D eigenvalue weighted by Crippen LogP contribution is 2.43. The van der Waals surface area contributed by atoms with Crippen LogP contribution in [0.4, 0.5) is 5.69 Å². The van der Waals surface area contributed by atoms with E-state index in [1.165, 1.54) is 0 Å². The molecule has 2 heteroatoms. The minimum Gasteiger partial charge on any atom is -0.351 e. The number of para-hydroxylation sites is 1. The standard InChI is InChI=1S/C20H28N2/c1-14-8-4-7-11-18(14)21-15(2)19-12-13-20(22(19)16(21)3)17-9-5-6-10-17/h4,7-8,11-13,15-17,19-20H,5-6,9-10H2,1-3H3/t15-,16?,19?,20?/m0/s1/i3D3,20D. The molecule has 118 valence electrons. The second-order valence-electron chi connectivity index (χ2n) is 6.97. The fourth-order valence-corrected chi connectivity index (χ4v) is 4.54. The van der Waals surface area contributed by atoms with Gasteiger partial charge in [-0.2, -0.15) is 0 Å². The van der Waals surface area contributed by atoms with Crippen LogP contribution in [-0.4, -0.2) is 29.2 Å². The van der Waals surface area contributed by atoms with Crippen LogP contribution in [0.25, 0.3) is 0 Å². The second-order valence-corrected chi connectivity index (χ2v) is 6.97. The van der Waals surface area contributed by atoms with Gasteiger partial charge in [0.05, 0.1) is 13.6 Å². The third kappa shape index (κ3) is 2.04. The van der Waals surface area contributed by atoms with Gasteiger partial charge in [0.1, 0.15) is 0 Å². The smallest absolute Gasteiger partial charge is 0.0806 e. The Morgan fingerprint density at radius 1 is 1.18 bits per heavy atom. The van der Waals surface area contributed by atoms with Crippen LogP contribution in [-0.2, 0) is 0 Å². The topological polar surface area (TPSA) is 6.48 Å². The molecular weight excluding hydrogens is 268 g/mol. The van der Waals surface area contributed by atoms with Gasteiger partial charge in [0.2, 0.25) is 0 Å². The van der Waals surface area contributed by atoms with Gasteiger partial charge in [-0.3, -0.25) is 4.90 Å². The summed E-state index contributed by atoms with van der Waals surface area (Å²) < 4.78 is 34.2. The van der Waals surface area contributed by atoms with E-state index < -0.39 is 19.0 Å². The number of fused-ring (bicyclic) bond motifs is 1. The van der Waals surface area contributed by atoms with Gasteiger partial charge in [-0.05, 0) is 51.1 Å². The van der Waals surface area contributed by atoms with E-state index >= 15 is 0 Å². The minimum absolute atomic E-state index is 0.0198. The Kier molecular flexibility index (Phi) is 2.58. The molecule has 0 bridgehead atoms. The van der Waals surface area contributed by atoms with Crippen molar-refractivity contribution < 1.29 is 5.48 Å². The van der Waals surface area contributed by atoms with E-state index in [9.17, 15) is 1.37 Å². The first-order chi connectivity index (χ1) is 12.2. The van der Waals surface area contributed by atoms with Crippen molar-refractivity contribution in [2.45, 2.75) is 70.7 Å². The molecule has 0 N–H and O–H groups in total. The van der Waals surface area contributed by atoms with Crippen molar-refractivity contribution in [1.82, 2.24) is 4.90 Å². The van der Waals surface area contributed by atoms with E-state index in [1.807, 2.05) is 42.2 Å². The molecule has 2 nitrogen and oxygen atoms in total. The Hall–Kier alpha value is -1.28. The zero-order chi connectivity index (χ0) is 18.7. The summed E-state index contributed by atoms with van der Waals surface area (Å²) in [5, 5.41) is 0. The van der Waals surface area contributed by atoms with Gasteiger partial charge in [-0.25, -0.2) is 0 Å². The summed E-state index contributed by atoms with van der Waals surface area (Å²) in [4.78, 5) is 4.04. The maximum Gasteiger partial charge on any atom is 0.0806 e. The molecule has 2 fully saturated rings. The van der Waals surface area contributed by atoms with Crippen molar-refractivity contribution in [3.63, 3.8) is 0 Å². The maximum atomic E-state index is 9.27. The molecule has 3 unspecified atom stereocenters. The third-order valence-electron chi connectivity index (χ3n) is 5.71. The first kappa shape index (κ1) is 10.5. The van der Waals surface area contributed by atoms with Crippen LogP contribution in [0.2, 0.25) is 0 Å². The van der Waals surface area contributed by atoms with E-state index in [4.69, 9.17) is 4.11 Å². The lowest BCUT2D eigenvalue weighted by Crippen LogP contribution is -2.44. The average molecular weight is 300 g/mol. The minimum atomic E-state index is -2.18. The molecule has 0 spiro atoms. The summed E-state index contributed by atoms with van der Waals surface area (Å²) in [7, 11) is 0. The summed E-state index contributed by atoms with van der Waals surface area (Å²) >= 11 is 0. The molecule has 4 atom stereocenters. The Labute approximate surface area is 140 Å². The van der Waals surface area contributed by atoms with Crippen LogP contribution in [0.3, 0.4) is 0 Å². The molecule has 4 rings (SSSR count). The number of hydrogen-bond donors (Lipinski definition) is 0. The van der Waals surface area contributed by atoms with Gasteiger partial charge in [-0.15, -0.1) is 0 Å². The first-order valence-corrected chi connectivity index (χ1v) is 8.57. The van der Waals surface area contributed by atoms with E-state index in [0.29, 0.717) is 0 Å². The fourth-order valence-electron chi connectivity index (χ4n) is 4.54. The molecule has 2 aliphatic heterocycles. The van der Waals surface area contributed by atoms with Gasteiger partial charge < -0.3 is 4.90 Å². The molecule has 2 heterocycles. The molecule has 0 radical (unpaired) electrons. The number of benzene rings is 1. The van der Waals surface area contributed by atoms with Crippen LogP contribution in [0.15, 0.2) is 36.4 Å². The number of anilines is 1. The Morgan fingerprint density at radius 3 is 2.68 bits per heavy atom. The van der Waals surface area contributed by atoms with Crippen LogP contribution >= 0.6 is 0 Å². The van der Waals surface area contributed by atoms with Gasteiger partial charge in [-0.1, -0.05) is 43.2 Å². The quantitative estimate of drug-likeness (QED) is 0.749. The molecule has 1 aromatic rings. The van der Waals surface area contributed by atoms with E-state index in [2.05, 4.69) is 17.9 Å². The summed E-state index contributed by atoms with van der Waals surface area (Å²) in [6, 6.07) is 7.07. The summed E-state index contributed by atoms with van der Waals surface area (Å²) in [5.74, 6) is 0.220. The molecule has 1 saturated heterocycles. The van der Waals surface area contributed by atoms with Crippen LogP contribution < -0.4 is 4.90 Å². The number of hydrogen-bond acceptors (Lipinski definition) is 2. The Balaban J connectivity index is 1.81. The molecule has 1 aromatic carbocycles. The van der Waals surface area contributed by atoms with E-state index in [-0.39, 0.29) is 18.0 Å². The van der Waals surface area contributed by atoms with Crippen molar-refractivity contribution >= 4 is 5.69 Å². The number of aryl methyl sites for hydroxylation is 1. The highest BCUT2D eigenvalue weighted by Gasteiger charge is 2.48. The van der Waals surface area contributed by atoms with Crippen LogP contribution in [0, 0.1) is 12.8 Å². The van der Waals surface area contributed by atoms with Gasteiger partial charge >= 0.3 is 0 Å². The molecule has 22 heavy (non-hydrogen) atoms. The van der Waals surface area contributed by atoms with Gasteiger partial charge in [0, 0.05) is 21.9 Å². The largest absolute Gasteiger partial charge is 0.351 e. The second kappa shape index (κ2) is 5.42. The predicted octanol–water partition coefficient (Wildman–Crippen LogP) is 4.35. The lowest BCUT2D eigenvalue weighted by molar-refractivity contribution is 0.159. The van der Waals surface area contributed by atoms with Gasteiger partial charge in [0.15, 0.2) is 0 Å². The first-order valence-electron chi connectivity index (χ1n) is 10.6. The molecule has 3 aliphatic rings. The third-order valence-corrected chi connectivity index (χ3v) is 5.71. The van der Waals surface area contributed by atoms with Crippen molar-refractivity contribution in [2.75, 3.05) is 4.90 Å². The van der Waals surface area contributed by atoms with Crippen LogP contribution in [0.1, 0.15) is 50.5 Å². The molecule has 1 aliphatic carbocycles. The lowest BCUT2D eigenvalue weighted by atomic mass is 9.98. The van der Waals surface area contributed by atoms with Crippen molar-refractivity contribution in [2.24, 2.45) is 5.92 Å². The zero-order valence-corrected chi connectivity index (χ0v) is 13.5. The maximum absolute atomic E-state index is 9.27. The highest BCUT2D eigenvalue weighted by molar-refractivity contribution is 5.56. The van der Waals surface area contributed by atoms with Crippen molar-refractivity contribution in [3.8, 4) is 0 Å². The summed E-state index contributed by atoms with van der Waals surface area (Å²) in [6.45, 7) is 1.95. The molecule has 0 amide bonds. The Morgan fingerprint density at radius 2 is 1.95 bits per heavy atom. The normalized spacial score (nSPS) is 42.1. The number of rotatable bonds is 2. The zero-order valence-electron chi connectivity index (χ0n) is 17.5. The number of nitrogens with zero attached hydrogens (tertiary/aromatic N) is 2. The molecular formula is C20H28N2. The summed E-state index contributed by atoms with van der Waals surface area (Å²) in [6.07, 6.45) is 7.63. The summed E-state index contributed by atoms with van der Waals surface area (Å²) in [5.41, 5.74) is 2.05.